The Labute approximate surface area is 274 Å². The van der Waals surface area contributed by atoms with Crippen LogP contribution < -0.4 is 9.62 Å². The quantitative estimate of drug-likeness (QED) is 0.151. The lowest BCUT2D eigenvalue weighted by atomic mass is 10.0. The molecular formula is C36H38F3N3O4S. The van der Waals surface area contributed by atoms with Crippen molar-refractivity contribution in [2.45, 2.75) is 56.8 Å². The van der Waals surface area contributed by atoms with Crippen LogP contribution in [0.5, 0.6) is 0 Å². The number of nitrogens with zero attached hydrogens (tertiary/aromatic N) is 2. The van der Waals surface area contributed by atoms with E-state index in [2.05, 4.69) is 5.32 Å². The minimum Gasteiger partial charge on any atom is -0.354 e. The lowest BCUT2D eigenvalue weighted by Crippen LogP contribution is -2.53. The van der Waals surface area contributed by atoms with Crippen LogP contribution >= 0.6 is 0 Å². The first kappa shape index (κ1) is 35.2. The third-order valence-electron chi connectivity index (χ3n) is 7.65. The first-order chi connectivity index (χ1) is 22.4. The number of sulfonamides is 1. The van der Waals surface area contributed by atoms with Gasteiger partial charge in [0.1, 0.15) is 12.6 Å². The van der Waals surface area contributed by atoms with E-state index in [1.54, 1.807) is 6.07 Å². The molecule has 0 heterocycles. The zero-order chi connectivity index (χ0) is 34.0. The minimum atomic E-state index is -4.75. The van der Waals surface area contributed by atoms with E-state index in [-0.39, 0.29) is 23.5 Å². The van der Waals surface area contributed by atoms with Gasteiger partial charge in [0, 0.05) is 19.5 Å². The van der Waals surface area contributed by atoms with Gasteiger partial charge in [0.05, 0.1) is 16.1 Å². The van der Waals surface area contributed by atoms with Crippen LogP contribution in [-0.4, -0.2) is 44.3 Å². The number of nitrogens with one attached hydrogen (secondary N) is 1. The fourth-order valence-electron chi connectivity index (χ4n) is 5.04. The van der Waals surface area contributed by atoms with Crippen molar-refractivity contribution in [3.63, 3.8) is 0 Å². The zero-order valence-corrected chi connectivity index (χ0v) is 27.1. The van der Waals surface area contributed by atoms with Gasteiger partial charge in [0.25, 0.3) is 10.0 Å². The Kier molecular flexibility index (Phi) is 11.8. The summed E-state index contributed by atoms with van der Waals surface area (Å²) in [7, 11) is -4.53. The summed E-state index contributed by atoms with van der Waals surface area (Å²) in [5.74, 6) is -1.17. The molecule has 4 aromatic carbocycles. The first-order valence-electron chi connectivity index (χ1n) is 15.3. The van der Waals surface area contributed by atoms with E-state index >= 15 is 0 Å². The molecule has 0 saturated heterocycles. The fraction of sp³-hybridized carbons (Fsp3) is 0.278. The molecule has 0 spiro atoms. The number of halogens is 3. The van der Waals surface area contributed by atoms with Crippen LogP contribution in [0.15, 0.2) is 114 Å². The second-order valence-corrected chi connectivity index (χ2v) is 13.1. The van der Waals surface area contributed by atoms with Crippen molar-refractivity contribution in [3.8, 4) is 0 Å². The summed E-state index contributed by atoms with van der Waals surface area (Å²) in [5, 5.41) is 2.91. The molecule has 1 atom stereocenters. The summed E-state index contributed by atoms with van der Waals surface area (Å²) in [5.41, 5.74) is 1.05. The number of alkyl halides is 3. The summed E-state index contributed by atoms with van der Waals surface area (Å²) in [6.45, 7) is 3.38. The van der Waals surface area contributed by atoms with Crippen LogP contribution in [0.4, 0.5) is 18.9 Å². The Bertz CT molecular complexity index is 1730. The van der Waals surface area contributed by atoms with Gasteiger partial charge in [-0.2, -0.15) is 13.2 Å². The topological polar surface area (TPSA) is 86.8 Å². The highest BCUT2D eigenvalue weighted by Crippen LogP contribution is 2.33. The molecule has 0 aromatic heterocycles. The number of carbonyl (C=O) groups excluding carboxylic acids is 2. The molecule has 47 heavy (non-hydrogen) atoms. The first-order valence-corrected chi connectivity index (χ1v) is 16.8. The van der Waals surface area contributed by atoms with Gasteiger partial charge in [-0.15, -0.1) is 0 Å². The second kappa shape index (κ2) is 15.8. The molecule has 0 aliphatic carbocycles. The molecule has 0 aliphatic rings. The van der Waals surface area contributed by atoms with Crippen molar-refractivity contribution in [3.05, 3.63) is 131 Å². The molecule has 4 rings (SSSR count). The number of rotatable bonds is 14. The standard InChI is InChI=1S/C36H38F3N3O4S/c1-3-4-22-40-35(44)33(23-28-12-7-5-8-13-28)41(25-29-20-18-27(2)19-21-29)34(43)26-42(47(45,46)32-16-9-6-10-17-32)31-15-11-14-30(24-31)36(37,38)39/h5-21,24,33H,3-4,22-23,25-26H2,1-2H3,(H,40,44). The SMILES string of the molecule is CCCCNC(=O)C(Cc1ccccc1)N(Cc1ccc(C)cc1)C(=O)CN(c1cccc(C(F)(F)F)c1)S(=O)(=O)c1ccccc1. The van der Waals surface area contributed by atoms with E-state index in [1.807, 2.05) is 68.4 Å². The number of anilines is 1. The summed E-state index contributed by atoms with van der Waals surface area (Å²) in [4.78, 5) is 29.3. The van der Waals surface area contributed by atoms with Crippen molar-refractivity contribution in [1.82, 2.24) is 10.2 Å². The smallest absolute Gasteiger partial charge is 0.354 e. The van der Waals surface area contributed by atoms with Gasteiger partial charge in [-0.05, 0) is 54.8 Å². The van der Waals surface area contributed by atoms with Crippen LogP contribution in [-0.2, 0) is 38.8 Å². The van der Waals surface area contributed by atoms with Crippen molar-refractivity contribution in [1.29, 1.82) is 0 Å². The second-order valence-electron chi connectivity index (χ2n) is 11.2. The van der Waals surface area contributed by atoms with Crippen molar-refractivity contribution < 1.29 is 31.2 Å². The van der Waals surface area contributed by atoms with E-state index in [0.717, 1.165) is 29.7 Å². The molecule has 0 fully saturated rings. The summed E-state index contributed by atoms with van der Waals surface area (Å²) >= 11 is 0. The lowest BCUT2D eigenvalue weighted by molar-refractivity contribution is -0.140. The number of unbranched alkanes of at least 4 members (excludes halogenated alkanes) is 1. The highest BCUT2D eigenvalue weighted by atomic mass is 32.2. The molecule has 0 bridgehead atoms. The van der Waals surface area contributed by atoms with Crippen LogP contribution in [0.1, 0.15) is 42.0 Å². The maximum Gasteiger partial charge on any atom is 0.416 e. The summed E-state index contributed by atoms with van der Waals surface area (Å²) < 4.78 is 70.0. The Morgan fingerprint density at radius 2 is 1.47 bits per heavy atom. The predicted octanol–water partition coefficient (Wildman–Crippen LogP) is 6.77. The summed E-state index contributed by atoms with van der Waals surface area (Å²) in [6.07, 6.45) is -3.07. The molecular weight excluding hydrogens is 627 g/mol. The van der Waals surface area contributed by atoms with Gasteiger partial charge in [-0.25, -0.2) is 8.42 Å². The van der Waals surface area contributed by atoms with Crippen molar-refractivity contribution >= 4 is 27.5 Å². The van der Waals surface area contributed by atoms with E-state index < -0.39 is 46.2 Å². The van der Waals surface area contributed by atoms with Crippen molar-refractivity contribution in [2.75, 3.05) is 17.4 Å². The number of benzene rings is 4. The maximum atomic E-state index is 14.4. The van der Waals surface area contributed by atoms with Gasteiger partial charge in [-0.1, -0.05) is 97.8 Å². The summed E-state index contributed by atoms with van der Waals surface area (Å²) in [6, 6.07) is 26.5. The van der Waals surface area contributed by atoms with Crippen molar-refractivity contribution in [2.24, 2.45) is 0 Å². The third-order valence-corrected chi connectivity index (χ3v) is 9.43. The Morgan fingerprint density at radius 3 is 2.09 bits per heavy atom. The molecule has 1 N–H and O–H groups in total. The molecule has 0 aliphatic heterocycles. The zero-order valence-electron chi connectivity index (χ0n) is 26.3. The van der Waals surface area contributed by atoms with Crippen LogP contribution in [0, 0.1) is 6.92 Å². The maximum absolute atomic E-state index is 14.4. The third kappa shape index (κ3) is 9.45. The molecule has 248 valence electrons. The van der Waals surface area contributed by atoms with E-state index in [9.17, 15) is 31.2 Å². The van der Waals surface area contributed by atoms with Crippen LogP contribution in [0.3, 0.4) is 0 Å². The Morgan fingerprint density at radius 1 is 0.830 bits per heavy atom. The molecule has 1 unspecified atom stereocenters. The molecule has 7 nitrogen and oxygen atoms in total. The number of carbonyl (C=O) groups is 2. The van der Waals surface area contributed by atoms with Gasteiger partial charge >= 0.3 is 6.18 Å². The molecule has 0 saturated carbocycles. The molecule has 2 amide bonds. The monoisotopic (exact) mass is 665 g/mol. The van der Waals surface area contributed by atoms with Gasteiger partial charge in [-0.3, -0.25) is 13.9 Å². The lowest BCUT2D eigenvalue weighted by Gasteiger charge is -2.34. The minimum absolute atomic E-state index is 0.0420. The largest absolute Gasteiger partial charge is 0.416 e. The molecule has 11 heteroatoms. The Balaban J connectivity index is 1.82. The van der Waals surface area contributed by atoms with Gasteiger partial charge in [0.15, 0.2) is 0 Å². The number of hydrogen-bond donors (Lipinski definition) is 1. The highest BCUT2D eigenvalue weighted by molar-refractivity contribution is 7.92. The normalized spacial score (nSPS) is 12.3. The number of hydrogen-bond acceptors (Lipinski definition) is 4. The average molecular weight is 666 g/mol. The number of aryl methyl sites for hydroxylation is 1. The highest BCUT2D eigenvalue weighted by Gasteiger charge is 2.36. The van der Waals surface area contributed by atoms with Gasteiger partial charge < -0.3 is 10.2 Å². The molecule has 0 radical (unpaired) electrons. The van der Waals surface area contributed by atoms with E-state index in [0.29, 0.717) is 28.9 Å². The van der Waals surface area contributed by atoms with Crippen LogP contribution in [0.2, 0.25) is 0 Å². The molecule has 4 aromatic rings. The van der Waals surface area contributed by atoms with E-state index in [4.69, 9.17) is 0 Å². The number of amides is 2. The van der Waals surface area contributed by atoms with Gasteiger partial charge in [0.2, 0.25) is 11.8 Å². The average Bonchev–Trinajstić information content (AvgIpc) is 3.06. The Hall–Kier alpha value is -4.64. The predicted molar refractivity (Wildman–Crippen MR) is 176 cm³/mol. The van der Waals surface area contributed by atoms with E-state index in [1.165, 1.54) is 35.2 Å². The fourth-order valence-corrected chi connectivity index (χ4v) is 6.46. The van der Waals surface area contributed by atoms with Crippen LogP contribution in [0.25, 0.3) is 0 Å².